The zero-order valence-corrected chi connectivity index (χ0v) is 16.2. The number of urea groups is 1. The van der Waals surface area contributed by atoms with Crippen LogP contribution in [0.15, 0.2) is 30.3 Å². The van der Waals surface area contributed by atoms with Gasteiger partial charge in [0.15, 0.2) is 0 Å². The molecule has 0 saturated carbocycles. The fourth-order valence-electron chi connectivity index (χ4n) is 3.30. The number of halogens is 1. The molecule has 1 aromatic heterocycles. The highest BCUT2D eigenvalue weighted by Crippen LogP contribution is 2.37. The normalized spacial score (nSPS) is 13.0. The number of aromatic nitrogens is 1. The fourth-order valence-corrected chi connectivity index (χ4v) is 3.71. The minimum absolute atomic E-state index is 0.152. The van der Waals surface area contributed by atoms with Crippen LogP contribution < -0.4 is 11.1 Å². The van der Waals surface area contributed by atoms with Crippen LogP contribution >= 0.6 is 11.6 Å². The molecule has 3 N–H and O–H groups in total. The summed E-state index contributed by atoms with van der Waals surface area (Å²) in [6, 6.07) is 9.03. The van der Waals surface area contributed by atoms with Gasteiger partial charge in [-0.25, -0.2) is 4.79 Å². The van der Waals surface area contributed by atoms with Crippen molar-refractivity contribution in [2.45, 2.75) is 20.0 Å². The van der Waals surface area contributed by atoms with E-state index in [2.05, 4.69) is 5.32 Å². The highest BCUT2D eigenvalue weighted by atomic mass is 35.5. The number of amides is 3. The van der Waals surface area contributed by atoms with Crippen LogP contribution in [0.5, 0.6) is 0 Å². The predicted octanol–water partition coefficient (Wildman–Crippen LogP) is 2.00. The van der Waals surface area contributed by atoms with Crippen molar-refractivity contribution in [3.8, 4) is 11.3 Å². The lowest BCUT2D eigenvalue weighted by Gasteiger charge is -2.30. The molecule has 3 rings (SSSR count). The van der Waals surface area contributed by atoms with Crippen molar-refractivity contribution >= 4 is 29.5 Å². The third kappa shape index (κ3) is 3.82. The molecule has 1 aliphatic heterocycles. The third-order valence-electron chi connectivity index (χ3n) is 4.52. The number of rotatable bonds is 5. The Bertz CT molecular complexity index is 910. The average molecular weight is 405 g/mol. The third-order valence-corrected chi connectivity index (χ3v) is 4.88. The van der Waals surface area contributed by atoms with Crippen molar-refractivity contribution in [2.24, 2.45) is 5.73 Å². The van der Waals surface area contributed by atoms with Crippen LogP contribution in [-0.4, -0.2) is 47.1 Å². The molecule has 9 heteroatoms. The molecule has 3 amide bonds. The van der Waals surface area contributed by atoms with Gasteiger partial charge in [0.25, 0.3) is 5.91 Å². The SMILES string of the molecule is CCOC(=O)CNC(=O)N1CCn2c(c(C(N)=O)c(Cl)c2-c2ccccc2)C1. The maximum absolute atomic E-state index is 12.4. The van der Waals surface area contributed by atoms with Gasteiger partial charge in [0.05, 0.1) is 35.1 Å². The van der Waals surface area contributed by atoms with Crippen molar-refractivity contribution in [3.05, 3.63) is 46.6 Å². The van der Waals surface area contributed by atoms with Crippen LogP contribution in [-0.2, 0) is 22.6 Å². The number of nitrogens with two attached hydrogens (primary N) is 1. The van der Waals surface area contributed by atoms with Crippen LogP contribution in [0.4, 0.5) is 4.79 Å². The van der Waals surface area contributed by atoms with E-state index in [4.69, 9.17) is 22.1 Å². The summed E-state index contributed by atoms with van der Waals surface area (Å²) in [4.78, 5) is 37.4. The van der Waals surface area contributed by atoms with Crippen LogP contribution in [0.2, 0.25) is 5.02 Å². The number of esters is 1. The van der Waals surface area contributed by atoms with Gasteiger partial charge in [-0.3, -0.25) is 9.59 Å². The van der Waals surface area contributed by atoms with E-state index in [1.807, 2.05) is 34.9 Å². The highest BCUT2D eigenvalue weighted by Gasteiger charge is 2.31. The van der Waals surface area contributed by atoms with Crippen molar-refractivity contribution in [1.82, 2.24) is 14.8 Å². The lowest BCUT2D eigenvalue weighted by Crippen LogP contribution is -2.46. The van der Waals surface area contributed by atoms with E-state index in [0.717, 1.165) is 5.56 Å². The summed E-state index contributed by atoms with van der Waals surface area (Å²) < 4.78 is 6.72. The Kier molecular flexibility index (Phi) is 5.89. The zero-order chi connectivity index (χ0) is 20.3. The largest absolute Gasteiger partial charge is 0.465 e. The molecule has 8 nitrogen and oxygen atoms in total. The Balaban J connectivity index is 1.87. The number of carbonyl (C=O) groups excluding carboxylic acids is 3. The summed E-state index contributed by atoms with van der Waals surface area (Å²) in [5.74, 6) is -1.16. The number of hydrogen-bond acceptors (Lipinski definition) is 4. The van der Waals surface area contributed by atoms with Gasteiger partial charge in [0.2, 0.25) is 0 Å². The minimum Gasteiger partial charge on any atom is -0.465 e. The van der Waals surface area contributed by atoms with E-state index >= 15 is 0 Å². The molecular weight excluding hydrogens is 384 g/mol. The topological polar surface area (TPSA) is 107 Å². The molecule has 0 saturated heterocycles. The van der Waals surface area contributed by atoms with E-state index in [9.17, 15) is 14.4 Å². The molecule has 1 aliphatic rings. The van der Waals surface area contributed by atoms with E-state index in [1.54, 1.807) is 6.92 Å². The second kappa shape index (κ2) is 8.35. The Labute approximate surface area is 167 Å². The van der Waals surface area contributed by atoms with Crippen molar-refractivity contribution in [1.29, 1.82) is 0 Å². The summed E-state index contributed by atoms with van der Waals surface area (Å²) in [5, 5.41) is 2.80. The molecule has 1 aromatic carbocycles. The van der Waals surface area contributed by atoms with Crippen LogP contribution in [0.1, 0.15) is 23.0 Å². The van der Waals surface area contributed by atoms with Crippen LogP contribution in [0.3, 0.4) is 0 Å². The lowest BCUT2D eigenvalue weighted by molar-refractivity contribution is -0.141. The Morgan fingerprint density at radius 3 is 2.57 bits per heavy atom. The van der Waals surface area contributed by atoms with Crippen LogP contribution in [0.25, 0.3) is 11.3 Å². The molecule has 148 valence electrons. The maximum Gasteiger partial charge on any atom is 0.325 e. The number of ether oxygens (including phenoxy) is 1. The van der Waals surface area contributed by atoms with Gasteiger partial charge in [-0.1, -0.05) is 41.9 Å². The molecule has 28 heavy (non-hydrogen) atoms. The van der Waals surface area contributed by atoms with Gasteiger partial charge in [-0.05, 0) is 12.5 Å². The fraction of sp³-hybridized carbons (Fsp3) is 0.316. The summed E-state index contributed by atoms with van der Waals surface area (Å²) in [6.07, 6.45) is 0. The number of nitrogens with zero attached hydrogens (tertiary/aromatic N) is 2. The van der Waals surface area contributed by atoms with Crippen molar-refractivity contribution in [3.63, 3.8) is 0 Å². The molecule has 0 fully saturated rings. The molecule has 0 aliphatic carbocycles. The molecule has 2 heterocycles. The van der Waals surface area contributed by atoms with Gasteiger partial charge in [0.1, 0.15) is 6.54 Å². The molecule has 0 radical (unpaired) electrons. The van der Waals surface area contributed by atoms with E-state index in [-0.39, 0.29) is 30.3 Å². The predicted molar refractivity (Wildman–Crippen MR) is 104 cm³/mol. The molecular formula is C19H21ClN4O4. The smallest absolute Gasteiger partial charge is 0.325 e. The number of fused-ring (bicyclic) bond motifs is 1. The maximum atomic E-state index is 12.4. The lowest BCUT2D eigenvalue weighted by atomic mass is 10.1. The minimum atomic E-state index is -0.648. The first kappa shape index (κ1) is 19.8. The summed E-state index contributed by atoms with van der Waals surface area (Å²) in [7, 11) is 0. The Morgan fingerprint density at radius 2 is 1.93 bits per heavy atom. The number of hydrogen-bond donors (Lipinski definition) is 2. The monoisotopic (exact) mass is 404 g/mol. The van der Waals surface area contributed by atoms with E-state index in [0.29, 0.717) is 24.5 Å². The number of nitrogens with one attached hydrogen (secondary N) is 1. The van der Waals surface area contributed by atoms with Gasteiger partial charge >= 0.3 is 12.0 Å². The van der Waals surface area contributed by atoms with Gasteiger partial charge in [-0.2, -0.15) is 0 Å². The van der Waals surface area contributed by atoms with Gasteiger partial charge in [-0.15, -0.1) is 0 Å². The Morgan fingerprint density at radius 1 is 1.21 bits per heavy atom. The Hall–Kier alpha value is -3.00. The van der Waals surface area contributed by atoms with Gasteiger partial charge < -0.3 is 25.3 Å². The molecule has 2 aromatic rings. The zero-order valence-electron chi connectivity index (χ0n) is 15.4. The first-order chi connectivity index (χ1) is 13.4. The molecule has 0 spiro atoms. The second-order valence-electron chi connectivity index (χ2n) is 6.25. The molecule has 0 unspecified atom stereocenters. The summed E-state index contributed by atoms with van der Waals surface area (Å²) >= 11 is 6.51. The second-order valence-corrected chi connectivity index (χ2v) is 6.63. The van der Waals surface area contributed by atoms with Gasteiger partial charge in [0, 0.05) is 13.1 Å². The van der Waals surface area contributed by atoms with Crippen molar-refractivity contribution < 1.29 is 19.1 Å². The highest BCUT2D eigenvalue weighted by molar-refractivity contribution is 6.36. The summed E-state index contributed by atoms with van der Waals surface area (Å²) in [5.41, 5.74) is 7.92. The van der Waals surface area contributed by atoms with E-state index < -0.39 is 17.9 Å². The number of primary amides is 1. The molecule has 0 atom stereocenters. The standard InChI is InChI=1S/C19H21ClN4O4/c1-2-28-14(25)10-22-19(27)23-8-9-24-13(11-23)15(18(21)26)16(20)17(24)12-6-4-3-5-7-12/h3-7H,2,8-11H2,1H3,(H2,21,26)(H,22,27). The average Bonchev–Trinajstić information content (AvgIpc) is 2.98. The first-order valence-electron chi connectivity index (χ1n) is 8.88. The number of benzene rings is 1. The van der Waals surface area contributed by atoms with E-state index in [1.165, 1.54) is 4.90 Å². The van der Waals surface area contributed by atoms with Crippen LogP contribution in [0, 0.1) is 0 Å². The quantitative estimate of drug-likeness (QED) is 0.743. The summed E-state index contributed by atoms with van der Waals surface area (Å²) in [6.45, 7) is 2.71. The molecule has 0 bridgehead atoms. The number of carbonyl (C=O) groups is 3. The van der Waals surface area contributed by atoms with Crippen molar-refractivity contribution in [2.75, 3.05) is 19.7 Å². The first-order valence-corrected chi connectivity index (χ1v) is 9.26.